The number of aryl methyl sites for hydroxylation is 1. The van der Waals surface area contributed by atoms with Gasteiger partial charge in [0.15, 0.2) is 0 Å². The lowest BCUT2D eigenvalue weighted by Gasteiger charge is -2.05. The summed E-state index contributed by atoms with van der Waals surface area (Å²) < 4.78 is 0. The van der Waals surface area contributed by atoms with Crippen molar-refractivity contribution in [3.63, 3.8) is 0 Å². The van der Waals surface area contributed by atoms with Crippen LogP contribution in [0.4, 0.5) is 5.69 Å². The first-order chi connectivity index (χ1) is 10.4. The highest BCUT2D eigenvalue weighted by Gasteiger charge is 2.00. The molecule has 1 rings (SSSR count). The molecule has 116 valence electrons. The molecule has 0 radical (unpaired) electrons. The molecule has 1 aromatic rings. The Morgan fingerprint density at radius 3 is 2.05 bits per heavy atom. The van der Waals surface area contributed by atoms with Crippen LogP contribution in [0.2, 0.25) is 0 Å². The van der Waals surface area contributed by atoms with Crippen LogP contribution in [0.15, 0.2) is 29.3 Å². The molecule has 0 saturated carbocycles. The molecule has 0 spiro atoms. The highest BCUT2D eigenvalue weighted by molar-refractivity contribution is 5.53. The summed E-state index contributed by atoms with van der Waals surface area (Å²) in [5.74, 6) is 0. The van der Waals surface area contributed by atoms with E-state index in [1.54, 1.807) is 6.08 Å². The van der Waals surface area contributed by atoms with Gasteiger partial charge in [0.05, 0.1) is 5.69 Å². The minimum atomic E-state index is 0.781. The van der Waals surface area contributed by atoms with Gasteiger partial charge in [-0.3, -0.25) is 0 Å². The highest BCUT2D eigenvalue weighted by atomic mass is 16.1. The van der Waals surface area contributed by atoms with Gasteiger partial charge in [0.25, 0.3) is 0 Å². The molecule has 1 aromatic carbocycles. The van der Waals surface area contributed by atoms with Crippen molar-refractivity contribution < 1.29 is 4.79 Å². The van der Waals surface area contributed by atoms with Crippen molar-refractivity contribution in [3.05, 3.63) is 29.8 Å². The number of unbranched alkanes of at least 4 members (excludes halogenated alkanes) is 9. The van der Waals surface area contributed by atoms with Crippen LogP contribution < -0.4 is 0 Å². The third-order valence-electron chi connectivity index (χ3n) is 3.96. The summed E-state index contributed by atoms with van der Waals surface area (Å²) in [6.07, 6.45) is 16.1. The maximum absolute atomic E-state index is 10.4. The zero-order chi connectivity index (χ0) is 15.2. The second-order valence-electron chi connectivity index (χ2n) is 5.76. The first kappa shape index (κ1) is 17.7. The van der Waals surface area contributed by atoms with Crippen LogP contribution in [0.25, 0.3) is 0 Å². The number of para-hydroxylation sites is 1. The van der Waals surface area contributed by atoms with E-state index in [-0.39, 0.29) is 0 Å². The smallest absolute Gasteiger partial charge is 0.211 e. The molecule has 21 heavy (non-hydrogen) atoms. The Bertz CT molecular complexity index is 421. The molecule has 0 saturated heterocycles. The Morgan fingerprint density at radius 2 is 1.43 bits per heavy atom. The number of benzene rings is 1. The molecular formula is C19H29NO. The zero-order valence-corrected chi connectivity index (χ0v) is 13.4. The number of rotatable bonds is 12. The molecule has 2 nitrogen and oxygen atoms in total. The molecule has 0 aromatic heterocycles. The van der Waals surface area contributed by atoms with Gasteiger partial charge in [-0.05, 0) is 24.5 Å². The number of hydrogen-bond acceptors (Lipinski definition) is 2. The van der Waals surface area contributed by atoms with Crippen molar-refractivity contribution in [2.45, 2.75) is 77.6 Å². The van der Waals surface area contributed by atoms with Crippen molar-refractivity contribution >= 4 is 11.8 Å². The first-order valence-electron chi connectivity index (χ1n) is 8.54. The van der Waals surface area contributed by atoms with Gasteiger partial charge in [-0.25, -0.2) is 4.79 Å². The van der Waals surface area contributed by atoms with E-state index in [1.807, 2.05) is 18.2 Å². The molecule has 0 aliphatic heterocycles. The van der Waals surface area contributed by atoms with E-state index in [9.17, 15) is 4.79 Å². The van der Waals surface area contributed by atoms with Crippen molar-refractivity contribution in [2.75, 3.05) is 0 Å². The third-order valence-corrected chi connectivity index (χ3v) is 3.96. The van der Waals surface area contributed by atoms with Crippen LogP contribution in [-0.4, -0.2) is 6.08 Å². The molecule has 0 amide bonds. The molecular weight excluding hydrogens is 258 g/mol. The Balaban J connectivity index is 2.05. The minimum Gasteiger partial charge on any atom is -0.211 e. The number of carbonyl (C=O) groups excluding carboxylic acids is 1. The van der Waals surface area contributed by atoms with E-state index < -0.39 is 0 Å². The van der Waals surface area contributed by atoms with Crippen molar-refractivity contribution in [1.82, 2.24) is 0 Å². The van der Waals surface area contributed by atoms with Gasteiger partial charge < -0.3 is 0 Å². The van der Waals surface area contributed by atoms with Gasteiger partial charge in [-0.15, -0.1) is 0 Å². The molecule has 0 atom stereocenters. The maximum Gasteiger partial charge on any atom is 0.240 e. The molecule has 0 unspecified atom stereocenters. The molecule has 2 heteroatoms. The quantitative estimate of drug-likeness (QED) is 0.259. The fourth-order valence-electron chi connectivity index (χ4n) is 2.68. The molecule has 0 heterocycles. The minimum absolute atomic E-state index is 0.781. The van der Waals surface area contributed by atoms with E-state index in [4.69, 9.17) is 0 Å². The van der Waals surface area contributed by atoms with Gasteiger partial charge in [0, 0.05) is 0 Å². The van der Waals surface area contributed by atoms with E-state index >= 15 is 0 Å². The SMILES string of the molecule is CCCCCCCCCCCCc1ccccc1N=C=O. The lowest BCUT2D eigenvalue weighted by molar-refractivity contribution is 0.556. The van der Waals surface area contributed by atoms with Crippen LogP contribution in [0, 0.1) is 0 Å². The monoisotopic (exact) mass is 287 g/mol. The molecule has 0 fully saturated rings. The summed E-state index contributed by atoms with van der Waals surface area (Å²) in [4.78, 5) is 14.1. The Labute approximate surface area is 129 Å². The van der Waals surface area contributed by atoms with E-state index in [0.29, 0.717) is 0 Å². The van der Waals surface area contributed by atoms with E-state index in [0.717, 1.165) is 12.1 Å². The normalized spacial score (nSPS) is 10.3. The standard InChI is InChI=1S/C19H29NO/c1-2-3-4-5-6-7-8-9-10-11-14-18-15-12-13-16-19(18)20-17-21/h12-13,15-16H,2-11,14H2,1H3. The second-order valence-corrected chi connectivity index (χ2v) is 5.76. The Hall–Kier alpha value is -1.40. The van der Waals surface area contributed by atoms with Crippen LogP contribution in [0.5, 0.6) is 0 Å². The third kappa shape index (κ3) is 8.47. The number of aliphatic imine (C=N–C) groups is 1. The fraction of sp³-hybridized carbons (Fsp3) is 0.632. The predicted molar refractivity (Wildman–Crippen MR) is 89.8 cm³/mol. The summed E-state index contributed by atoms with van der Waals surface area (Å²) in [5.41, 5.74) is 1.95. The Kier molecular flexibility index (Phi) is 10.4. The van der Waals surface area contributed by atoms with Crippen LogP contribution in [-0.2, 0) is 11.2 Å². The zero-order valence-electron chi connectivity index (χ0n) is 13.4. The first-order valence-corrected chi connectivity index (χ1v) is 8.54. The fourth-order valence-corrected chi connectivity index (χ4v) is 2.68. The van der Waals surface area contributed by atoms with Gasteiger partial charge in [0.1, 0.15) is 0 Å². The van der Waals surface area contributed by atoms with E-state index in [2.05, 4.69) is 18.0 Å². The average molecular weight is 287 g/mol. The van der Waals surface area contributed by atoms with Gasteiger partial charge in [0.2, 0.25) is 6.08 Å². The molecule has 0 aliphatic rings. The lowest BCUT2D eigenvalue weighted by atomic mass is 10.0. The topological polar surface area (TPSA) is 29.4 Å². The molecule has 0 aliphatic carbocycles. The predicted octanol–water partition coefficient (Wildman–Crippen LogP) is 6.12. The largest absolute Gasteiger partial charge is 0.240 e. The summed E-state index contributed by atoms with van der Waals surface area (Å²) in [5, 5.41) is 0. The summed E-state index contributed by atoms with van der Waals surface area (Å²) in [7, 11) is 0. The summed E-state index contributed by atoms with van der Waals surface area (Å²) in [6.45, 7) is 2.26. The van der Waals surface area contributed by atoms with Crippen LogP contribution >= 0.6 is 0 Å². The van der Waals surface area contributed by atoms with E-state index in [1.165, 1.54) is 69.8 Å². The van der Waals surface area contributed by atoms with Crippen molar-refractivity contribution in [3.8, 4) is 0 Å². The number of nitrogens with zero attached hydrogens (tertiary/aromatic N) is 1. The lowest BCUT2D eigenvalue weighted by Crippen LogP contribution is -1.87. The van der Waals surface area contributed by atoms with Crippen molar-refractivity contribution in [1.29, 1.82) is 0 Å². The average Bonchev–Trinajstić information content (AvgIpc) is 2.51. The van der Waals surface area contributed by atoms with Gasteiger partial charge in [-0.2, -0.15) is 4.99 Å². The van der Waals surface area contributed by atoms with Crippen LogP contribution in [0.3, 0.4) is 0 Å². The van der Waals surface area contributed by atoms with Crippen molar-refractivity contribution in [2.24, 2.45) is 4.99 Å². The summed E-state index contributed by atoms with van der Waals surface area (Å²) in [6, 6.07) is 7.87. The van der Waals surface area contributed by atoms with Crippen LogP contribution in [0.1, 0.15) is 76.7 Å². The van der Waals surface area contributed by atoms with Gasteiger partial charge in [-0.1, -0.05) is 82.9 Å². The Morgan fingerprint density at radius 1 is 0.857 bits per heavy atom. The number of hydrogen-bond donors (Lipinski definition) is 0. The summed E-state index contributed by atoms with van der Waals surface area (Å²) >= 11 is 0. The van der Waals surface area contributed by atoms with Gasteiger partial charge >= 0.3 is 0 Å². The molecule has 0 N–H and O–H groups in total. The molecule has 0 bridgehead atoms. The highest BCUT2D eigenvalue weighted by Crippen LogP contribution is 2.20. The maximum atomic E-state index is 10.4. The second kappa shape index (κ2) is 12.3. The number of isocyanates is 1.